The summed E-state index contributed by atoms with van der Waals surface area (Å²) in [4.78, 5) is 8.94. The zero-order valence-corrected chi connectivity index (χ0v) is 14.5. The van der Waals surface area contributed by atoms with Crippen LogP contribution < -0.4 is 10.6 Å². The highest BCUT2D eigenvalue weighted by atomic mass is 79.9. The number of hydrogen-bond acceptors (Lipinski definition) is 4. The molecule has 2 rings (SSSR count). The van der Waals surface area contributed by atoms with Gasteiger partial charge in [-0.3, -0.25) is 0 Å². The molecule has 1 unspecified atom stereocenters. The van der Waals surface area contributed by atoms with Crippen molar-refractivity contribution in [1.29, 1.82) is 0 Å². The van der Waals surface area contributed by atoms with Crippen LogP contribution >= 0.6 is 15.9 Å². The minimum absolute atomic E-state index is 0.355. The Morgan fingerprint density at radius 3 is 2.62 bits per heavy atom. The van der Waals surface area contributed by atoms with E-state index in [1.54, 1.807) is 0 Å². The van der Waals surface area contributed by atoms with Crippen LogP contribution in [0.25, 0.3) is 0 Å². The summed E-state index contributed by atoms with van der Waals surface area (Å²) < 4.78 is 1.08. The molecule has 5 heteroatoms. The fraction of sp³-hybridized carbons (Fsp3) is 0.375. The van der Waals surface area contributed by atoms with E-state index in [-0.39, 0.29) is 0 Å². The van der Waals surface area contributed by atoms with Crippen molar-refractivity contribution in [2.45, 2.75) is 40.2 Å². The van der Waals surface area contributed by atoms with Crippen molar-refractivity contribution in [1.82, 2.24) is 9.97 Å². The summed E-state index contributed by atoms with van der Waals surface area (Å²) in [6.07, 6.45) is 1.03. The molecule has 0 aliphatic carbocycles. The molecule has 2 aromatic rings. The predicted molar refractivity (Wildman–Crippen MR) is 92.3 cm³/mol. The SMILES string of the molecule is CCC(C)Nc1nc(C)cc(Nc2ccc(C)c(Br)c2)n1. The van der Waals surface area contributed by atoms with Crippen molar-refractivity contribution in [2.75, 3.05) is 10.6 Å². The molecule has 0 aliphatic rings. The molecule has 112 valence electrons. The molecule has 1 aromatic carbocycles. The van der Waals surface area contributed by atoms with E-state index in [1.807, 2.05) is 19.1 Å². The fourth-order valence-electron chi connectivity index (χ4n) is 1.84. The van der Waals surface area contributed by atoms with Gasteiger partial charge in [-0.1, -0.05) is 28.9 Å². The first-order valence-electron chi connectivity index (χ1n) is 7.13. The van der Waals surface area contributed by atoms with Crippen LogP contribution in [0.3, 0.4) is 0 Å². The van der Waals surface area contributed by atoms with Crippen LogP contribution in [0.4, 0.5) is 17.5 Å². The van der Waals surface area contributed by atoms with Gasteiger partial charge in [-0.25, -0.2) is 4.98 Å². The number of aromatic nitrogens is 2. The van der Waals surface area contributed by atoms with Crippen molar-refractivity contribution >= 4 is 33.4 Å². The highest BCUT2D eigenvalue weighted by Crippen LogP contribution is 2.23. The molecule has 2 N–H and O–H groups in total. The van der Waals surface area contributed by atoms with E-state index in [0.717, 1.165) is 28.1 Å². The molecular weight excluding hydrogens is 328 g/mol. The normalized spacial score (nSPS) is 12.0. The number of nitrogens with one attached hydrogen (secondary N) is 2. The third-order valence-corrected chi connectivity index (χ3v) is 4.14. The molecule has 0 bridgehead atoms. The van der Waals surface area contributed by atoms with Gasteiger partial charge in [0.2, 0.25) is 5.95 Å². The average Bonchev–Trinajstić information content (AvgIpc) is 2.42. The molecule has 21 heavy (non-hydrogen) atoms. The predicted octanol–water partition coefficient (Wildman–Crippen LogP) is 4.81. The molecule has 0 radical (unpaired) electrons. The number of hydrogen-bond donors (Lipinski definition) is 2. The molecular formula is C16H21BrN4. The molecule has 1 atom stereocenters. The number of anilines is 3. The van der Waals surface area contributed by atoms with Gasteiger partial charge in [0.05, 0.1) is 0 Å². The molecule has 0 amide bonds. The lowest BCUT2D eigenvalue weighted by molar-refractivity contribution is 0.752. The van der Waals surface area contributed by atoms with E-state index in [2.05, 4.69) is 69.4 Å². The Hall–Kier alpha value is -1.62. The van der Waals surface area contributed by atoms with Gasteiger partial charge < -0.3 is 10.6 Å². The zero-order chi connectivity index (χ0) is 15.4. The minimum atomic E-state index is 0.355. The highest BCUT2D eigenvalue weighted by molar-refractivity contribution is 9.10. The van der Waals surface area contributed by atoms with E-state index in [9.17, 15) is 0 Å². The smallest absolute Gasteiger partial charge is 0.225 e. The van der Waals surface area contributed by atoms with Crippen molar-refractivity contribution in [3.05, 3.63) is 40.0 Å². The Labute approximate surface area is 134 Å². The summed E-state index contributed by atoms with van der Waals surface area (Å²) in [6.45, 7) is 8.29. The van der Waals surface area contributed by atoms with E-state index < -0.39 is 0 Å². The summed E-state index contributed by atoms with van der Waals surface area (Å²) in [6, 6.07) is 8.45. The Bertz CT molecular complexity index is 628. The van der Waals surface area contributed by atoms with Crippen LogP contribution in [-0.4, -0.2) is 16.0 Å². The van der Waals surface area contributed by atoms with Crippen molar-refractivity contribution in [2.24, 2.45) is 0 Å². The Morgan fingerprint density at radius 1 is 1.19 bits per heavy atom. The van der Waals surface area contributed by atoms with Crippen LogP contribution in [0.2, 0.25) is 0 Å². The lowest BCUT2D eigenvalue weighted by Gasteiger charge is -2.14. The summed E-state index contributed by atoms with van der Waals surface area (Å²) in [5.41, 5.74) is 3.14. The molecule has 4 nitrogen and oxygen atoms in total. The van der Waals surface area contributed by atoms with Crippen molar-refractivity contribution in [3.8, 4) is 0 Å². The first-order chi connectivity index (χ1) is 9.97. The summed E-state index contributed by atoms with van der Waals surface area (Å²) >= 11 is 3.55. The molecule has 1 heterocycles. The van der Waals surface area contributed by atoms with E-state index in [4.69, 9.17) is 0 Å². The number of nitrogens with zero attached hydrogens (tertiary/aromatic N) is 2. The van der Waals surface area contributed by atoms with Crippen LogP contribution in [0.5, 0.6) is 0 Å². The second-order valence-electron chi connectivity index (χ2n) is 5.26. The van der Waals surface area contributed by atoms with E-state index >= 15 is 0 Å². The quantitative estimate of drug-likeness (QED) is 0.813. The molecule has 1 aromatic heterocycles. The summed E-state index contributed by atoms with van der Waals surface area (Å²) in [5.74, 6) is 1.46. The van der Waals surface area contributed by atoms with Gasteiger partial charge >= 0.3 is 0 Å². The highest BCUT2D eigenvalue weighted by Gasteiger charge is 2.06. The monoisotopic (exact) mass is 348 g/mol. The Kier molecular flexibility index (Phi) is 5.17. The van der Waals surface area contributed by atoms with Gasteiger partial charge in [0.25, 0.3) is 0 Å². The van der Waals surface area contributed by atoms with Crippen molar-refractivity contribution in [3.63, 3.8) is 0 Å². The van der Waals surface area contributed by atoms with Gasteiger partial charge in [-0.05, 0) is 44.9 Å². The molecule has 0 fully saturated rings. The maximum atomic E-state index is 4.52. The molecule has 0 spiro atoms. The lowest BCUT2D eigenvalue weighted by Crippen LogP contribution is -2.16. The van der Waals surface area contributed by atoms with Crippen LogP contribution in [0.15, 0.2) is 28.7 Å². The first kappa shape index (κ1) is 15.8. The van der Waals surface area contributed by atoms with Gasteiger partial charge in [-0.2, -0.15) is 4.98 Å². The topological polar surface area (TPSA) is 49.8 Å². The number of rotatable bonds is 5. The number of benzene rings is 1. The number of halogens is 1. The second-order valence-corrected chi connectivity index (χ2v) is 6.12. The molecule has 0 saturated heterocycles. The molecule has 0 saturated carbocycles. The van der Waals surface area contributed by atoms with Crippen LogP contribution in [-0.2, 0) is 0 Å². The zero-order valence-electron chi connectivity index (χ0n) is 12.9. The van der Waals surface area contributed by atoms with E-state index in [0.29, 0.717) is 12.0 Å². The third-order valence-electron chi connectivity index (χ3n) is 3.29. The largest absolute Gasteiger partial charge is 0.352 e. The minimum Gasteiger partial charge on any atom is -0.352 e. The fourth-order valence-corrected chi connectivity index (χ4v) is 2.22. The summed E-state index contributed by atoms with van der Waals surface area (Å²) in [5, 5.41) is 6.63. The van der Waals surface area contributed by atoms with Gasteiger partial charge in [0.15, 0.2) is 0 Å². The standard InChI is InChI=1S/C16H21BrN4/c1-5-11(3)18-16-19-12(4)8-15(21-16)20-13-7-6-10(2)14(17)9-13/h6-9,11H,5H2,1-4H3,(H2,18,19,20,21). The van der Waals surface area contributed by atoms with Crippen LogP contribution in [0, 0.1) is 13.8 Å². The summed E-state index contributed by atoms with van der Waals surface area (Å²) in [7, 11) is 0. The maximum Gasteiger partial charge on any atom is 0.225 e. The lowest BCUT2D eigenvalue weighted by atomic mass is 10.2. The number of aryl methyl sites for hydroxylation is 2. The van der Waals surface area contributed by atoms with Gasteiger partial charge in [-0.15, -0.1) is 0 Å². The van der Waals surface area contributed by atoms with Crippen molar-refractivity contribution < 1.29 is 0 Å². The van der Waals surface area contributed by atoms with E-state index in [1.165, 1.54) is 5.56 Å². The van der Waals surface area contributed by atoms with Crippen LogP contribution in [0.1, 0.15) is 31.5 Å². The second kappa shape index (κ2) is 6.89. The Balaban J connectivity index is 2.21. The Morgan fingerprint density at radius 2 is 1.95 bits per heavy atom. The first-order valence-corrected chi connectivity index (χ1v) is 7.92. The average molecular weight is 349 g/mol. The maximum absolute atomic E-state index is 4.52. The molecule has 0 aliphatic heterocycles. The van der Waals surface area contributed by atoms with Gasteiger partial charge in [0, 0.05) is 28.0 Å². The third kappa shape index (κ3) is 4.43. The van der Waals surface area contributed by atoms with Gasteiger partial charge in [0.1, 0.15) is 5.82 Å².